The summed E-state index contributed by atoms with van der Waals surface area (Å²) < 4.78 is 24.3. The molecule has 0 bridgehead atoms. The van der Waals surface area contributed by atoms with Gasteiger partial charge in [-0.25, -0.2) is 0 Å². The van der Waals surface area contributed by atoms with E-state index in [1.807, 2.05) is 4.09 Å². The molecule has 0 heterocycles. The molecule has 0 amide bonds. The predicted octanol–water partition coefficient (Wildman–Crippen LogP) is 6.06. The predicted molar refractivity (Wildman–Crippen MR) is 152 cm³/mol. The van der Waals surface area contributed by atoms with Gasteiger partial charge < -0.3 is 0 Å². The summed E-state index contributed by atoms with van der Waals surface area (Å²) in [7, 11) is 1.56. The van der Waals surface area contributed by atoms with Crippen molar-refractivity contribution in [1.82, 2.24) is 0 Å². The third-order valence-corrected chi connectivity index (χ3v) is 9.38. The zero-order valence-corrected chi connectivity index (χ0v) is 27.8. The van der Waals surface area contributed by atoms with Gasteiger partial charge in [0.25, 0.3) is 0 Å². The van der Waals surface area contributed by atoms with Crippen molar-refractivity contribution >= 4 is 36.3 Å². The molecule has 39 heavy (non-hydrogen) atoms. The summed E-state index contributed by atoms with van der Waals surface area (Å²) in [5.74, 6) is -3.08. The van der Waals surface area contributed by atoms with Crippen LogP contribution in [0.25, 0.3) is 0 Å². The normalized spacial score (nSPS) is 18.1. The van der Waals surface area contributed by atoms with Crippen molar-refractivity contribution in [3.63, 3.8) is 0 Å². The van der Waals surface area contributed by atoms with Crippen molar-refractivity contribution in [3.05, 3.63) is 51.3 Å². The molecule has 0 aromatic heterocycles. The molecule has 8 nitrogen and oxygen atoms in total. The molecule has 1 aliphatic rings. The van der Waals surface area contributed by atoms with Crippen LogP contribution < -0.4 is 4.74 Å². The number of carbonyl (C=O) groups is 3. The third-order valence-electron chi connectivity index (χ3n) is 5.97. The van der Waals surface area contributed by atoms with Crippen molar-refractivity contribution in [2.45, 2.75) is 87.0 Å². The summed E-state index contributed by atoms with van der Waals surface area (Å²) in [5.41, 5.74) is -3.10. The topological polar surface area (TPSA) is 108 Å². The maximum absolute atomic E-state index is 13.9. The Bertz CT molecular complexity index is 1080. The van der Waals surface area contributed by atoms with E-state index in [0.717, 1.165) is 0 Å². The minimum atomic E-state index is -2.67. The molecule has 1 aliphatic carbocycles. The number of allylic oxidation sites excluding steroid dienone is 2. The van der Waals surface area contributed by atoms with Crippen molar-refractivity contribution in [2.75, 3.05) is 7.11 Å². The number of esters is 3. The first-order valence-electron chi connectivity index (χ1n) is 13.2. The number of aliphatic hydroxyl groups excluding tert-OH is 1. The number of rotatable bonds is 8. The van der Waals surface area contributed by atoms with Gasteiger partial charge in [-0.1, -0.05) is 0 Å². The first kappa shape index (κ1) is 32.7. The van der Waals surface area contributed by atoms with Gasteiger partial charge in [-0.15, -0.1) is 0 Å². The molecular formula is C30H44O8Sn. The first-order valence-corrected chi connectivity index (χ1v) is 23.4. The molecule has 1 aromatic rings. The van der Waals surface area contributed by atoms with E-state index in [2.05, 4.69) is 14.8 Å². The number of hydrogen-bond donors (Lipinski definition) is 1. The van der Waals surface area contributed by atoms with Crippen LogP contribution in [-0.4, -0.2) is 59.7 Å². The molecule has 0 saturated heterocycles. The molecule has 0 fully saturated rings. The van der Waals surface area contributed by atoms with E-state index in [1.165, 1.54) is 0 Å². The van der Waals surface area contributed by atoms with Crippen molar-refractivity contribution in [1.29, 1.82) is 0 Å². The summed E-state index contributed by atoms with van der Waals surface area (Å²) in [6.45, 7) is 10.2. The Kier molecular flexibility index (Phi) is 10.4. The van der Waals surface area contributed by atoms with Crippen molar-refractivity contribution < 1.29 is 38.4 Å². The second-order valence-electron chi connectivity index (χ2n) is 13.0. The number of hydrogen-bond acceptors (Lipinski definition) is 8. The molecule has 0 spiro atoms. The van der Waals surface area contributed by atoms with Crippen LogP contribution in [0.1, 0.15) is 59.9 Å². The molecule has 9 heteroatoms. The minimum absolute atomic E-state index is 0.0690. The molecule has 1 atom stereocenters. The fraction of sp³-hybridized carbons (Fsp3) is 0.567. The second kappa shape index (κ2) is 12.4. The number of ether oxygens (including phenoxy) is 4. The van der Waals surface area contributed by atoms with Crippen LogP contribution in [0.15, 0.2) is 45.8 Å². The van der Waals surface area contributed by atoms with Gasteiger partial charge >= 0.3 is 230 Å². The van der Waals surface area contributed by atoms with Gasteiger partial charge in [0.1, 0.15) is 0 Å². The summed E-state index contributed by atoms with van der Waals surface area (Å²) in [6.07, 6.45) is 1.55. The number of carbonyl (C=O) groups excluding carboxylic acids is 3. The number of aliphatic hydroxyl groups is 1. The van der Waals surface area contributed by atoms with Gasteiger partial charge in [0.15, 0.2) is 0 Å². The Hall–Kier alpha value is -2.49. The average molecular weight is 651 g/mol. The molecular weight excluding hydrogens is 607 g/mol. The van der Waals surface area contributed by atoms with E-state index in [4.69, 9.17) is 18.9 Å². The van der Waals surface area contributed by atoms with Gasteiger partial charge in [-0.2, -0.15) is 0 Å². The Morgan fingerprint density at radius 3 is 1.92 bits per heavy atom. The molecule has 1 aromatic carbocycles. The summed E-state index contributed by atoms with van der Waals surface area (Å²) in [4.78, 5) is 47.8. The van der Waals surface area contributed by atoms with E-state index < -0.39 is 58.8 Å². The fourth-order valence-corrected chi connectivity index (χ4v) is 6.35. The van der Waals surface area contributed by atoms with Gasteiger partial charge in [0.2, 0.25) is 0 Å². The molecule has 1 N–H and O–H groups in total. The van der Waals surface area contributed by atoms with Gasteiger partial charge in [0.05, 0.1) is 7.11 Å². The Labute approximate surface area is 236 Å². The van der Waals surface area contributed by atoms with Crippen LogP contribution in [0.4, 0.5) is 0 Å². The Morgan fingerprint density at radius 1 is 0.974 bits per heavy atom. The Balaban J connectivity index is 2.63. The molecule has 0 radical (unpaired) electrons. The van der Waals surface area contributed by atoms with Crippen LogP contribution in [0, 0.1) is 11.3 Å². The fourth-order valence-electron chi connectivity index (χ4n) is 4.15. The van der Waals surface area contributed by atoms with Crippen LogP contribution in [-0.2, 0) is 35.2 Å². The van der Waals surface area contributed by atoms with E-state index in [1.54, 1.807) is 79.0 Å². The summed E-state index contributed by atoms with van der Waals surface area (Å²) >= 11 is -2.67. The number of methoxy groups -OCH3 is 1. The van der Waals surface area contributed by atoms with Gasteiger partial charge in [-0.3, -0.25) is 0 Å². The van der Waals surface area contributed by atoms with E-state index in [0.29, 0.717) is 11.3 Å². The maximum atomic E-state index is 13.9. The van der Waals surface area contributed by atoms with Crippen LogP contribution >= 0.6 is 0 Å². The van der Waals surface area contributed by atoms with E-state index in [9.17, 15) is 19.5 Å². The van der Waals surface area contributed by atoms with Gasteiger partial charge in [-0.05, 0) is 0 Å². The number of benzene rings is 1. The molecule has 0 aliphatic heterocycles. The quantitative estimate of drug-likeness (QED) is 0.156. The van der Waals surface area contributed by atoms with E-state index in [-0.39, 0.29) is 30.8 Å². The summed E-state index contributed by atoms with van der Waals surface area (Å²) in [5, 5.41) is 11.0. The molecule has 2 rings (SSSR count). The zero-order valence-electron chi connectivity index (χ0n) is 25.0. The second-order valence-corrected chi connectivity index (χ2v) is 27.4. The molecule has 1 unspecified atom stereocenters. The van der Waals surface area contributed by atoms with Gasteiger partial charge in [0, 0.05) is 0 Å². The zero-order chi connectivity index (χ0) is 29.8. The van der Waals surface area contributed by atoms with E-state index >= 15 is 0 Å². The van der Waals surface area contributed by atoms with Crippen LogP contribution in [0.3, 0.4) is 0 Å². The average Bonchev–Trinajstić information content (AvgIpc) is 2.78. The van der Waals surface area contributed by atoms with Crippen LogP contribution in [0.5, 0.6) is 5.75 Å². The Morgan fingerprint density at radius 2 is 1.49 bits per heavy atom. The molecule has 216 valence electrons. The first-order chi connectivity index (χ1) is 17.8. The monoisotopic (exact) mass is 652 g/mol. The SMILES string of the molecule is COc1ccc(COC(=O)C2=C(O)CCC(C(=O)OC(C)(C)C)(C(=O)OC(C)(C)C)C2/C=[CH]\[Sn]([CH3])([CH3])[CH3])cc1. The standard InChI is InChI=1S/C27H35O8.3CH3.Sn/c1-9-19-21(22(29)33-16-17-10-12-18(32-8)13-11-17)20(28)14-15-27(19,23(30)34-25(2,3)4)24(31)35-26(5,6)7;;;;/h1,9-13,19,28H,14-16H2,2-8H3;3*1H3;. The van der Waals surface area contributed by atoms with Crippen molar-refractivity contribution in [2.24, 2.45) is 11.3 Å². The molecule has 0 saturated carbocycles. The van der Waals surface area contributed by atoms with Crippen LogP contribution in [0.2, 0.25) is 14.8 Å². The summed E-state index contributed by atoms with van der Waals surface area (Å²) in [6, 6.07) is 7.02. The van der Waals surface area contributed by atoms with Crippen molar-refractivity contribution in [3.8, 4) is 5.75 Å². The third kappa shape index (κ3) is 9.01.